The van der Waals surface area contributed by atoms with Gasteiger partial charge in [0.2, 0.25) is 11.8 Å². The molecule has 0 radical (unpaired) electrons. The number of rotatable bonds is 6. The maximum Gasteiger partial charge on any atom is 0.235 e. The van der Waals surface area contributed by atoms with Crippen LogP contribution in [0.4, 0.5) is 5.69 Å². The van der Waals surface area contributed by atoms with Crippen LogP contribution in [0.25, 0.3) is 0 Å². The summed E-state index contributed by atoms with van der Waals surface area (Å²) in [5.41, 5.74) is 4.17. The molecule has 0 aliphatic heterocycles. The highest BCUT2D eigenvalue weighted by Crippen LogP contribution is 2.14. The van der Waals surface area contributed by atoms with Crippen LogP contribution in [0.3, 0.4) is 0 Å². The van der Waals surface area contributed by atoms with Crippen molar-refractivity contribution in [1.82, 2.24) is 10.2 Å². The molecule has 0 saturated heterocycles. The van der Waals surface area contributed by atoms with Crippen LogP contribution in [0.1, 0.15) is 28.5 Å². The highest BCUT2D eigenvalue weighted by atomic mass is 16.4. The van der Waals surface area contributed by atoms with Crippen molar-refractivity contribution in [2.24, 2.45) is 0 Å². The number of anilines is 1. The van der Waals surface area contributed by atoms with Gasteiger partial charge in [0.05, 0.1) is 19.6 Å². The Morgan fingerprint density at radius 3 is 2.70 bits per heavy atom. The molecule has 0 bridgehead atoms. The number of aliphatic hydroxyl groups excluding tert-OH is 1. The number of nitrogens with zero attached hydrogens (tertiary/aromatic N) is 2. The van der Waals surface area contributed by atoms with E-state index in [0.717, 1.165) is 11.3 Å². The van der Waals surface area contributed by atoms with E-state index in [4.69, 9.17) is 9.52 Å². The summed E-state index contributed by atoms with van der Waals surface area (Å²) in [4.78, 5) is 0. The fourth-order valence-electron chi connectivity index (χ4n) is 2.36. The van der Waals surface area contributed by atoms with E-state index >= 15 is 0 Å². The summed E-state index contributed by atoms with van der Waals surface area (Å²) in [7, 11) is 0. The van der Waals surface area contributed by atoms with Crippen LogP contribution in [0, 0.1) is 6.92 Å². The van der Waals surface area contributed by atoms with E-state index in [-0.39, 0.29) is 6.61 Å². The fraction of sp³-hybridized carbons (Fsp3) is 0.222. The Labute approximate surface area is 135 Å². The van der Waals surface area contributed by atoms with Crippen molar-refractivity contribution in [2.45, 2.75) is 26.5 Å². The normalized spacial score (nSPS) is 10.7. The largest absolute Gasteiger partial charge is 0.423 e. The Kier molecular flexibility index (Phi) is 4.68. The molecule has 118 valence electrons. The van der Waals surface area contributed by atoms with Gasteiger partial charge in [-0.3, -0.25) is 0 Å². The van der Waals surface area contributed by atoms with E-state index in [1.165, 1.54) is 11.1 Å². The Balaban J connectivity index is 1.62. The van der Waals surface area contributed by atoms with Crippen molar-refractivity contribution in [3.63, 3.8) is 0 Å². The van der Waals surface area contributed by atoms with Gasteiger partial charge in [-0.15, -0.1) is 10.2 Å². The number of hydrogen-bond donors (Lipinski definition) is 2. The van der Waals surface area contributed by atoms with Gasteiger partial charge in [0, 0.05) is 5.69 Å². The van der Waals surface area contributed by atoms with Gasteiger partial charge in [-0.1, -0.05) is 36.4 Å². The molecule has 2 aromatic carbocycles. The van der Waals surface area contributed by atoms with Gasteiger partial charge in [0.15, 0.2) is 0 Å². The molecule has 5 heteroatoms. The van der Waals surface area contributed by atoms with Crippen molar-refractivity contribution >= 4 is 5.69 Å². The molecule has 1 heterocycles. The molecule has 2 N–H and O–H groups in total. The van der Waals surface area contributed by atoms with Gasteiger partial charge in [0.25, 0.3) is 0 Å². The Bertz CT molecular complexity index is 783. The number of nitrogens with one attached hydrogen (secondary N) is 1. The topological polar surface area (TPSA) is 71.2 Å². The Morgan fingerprint density at radius 1 is 1.04 bits per heavy atom. The first-order valence-electron chi connectivity index (χ1n) is 7.54. The highest BCUT2D eigenvalue weighted by molar-refractivity contribution is 5.45. The average molecular weight is 309 g/mol. The van der Waals surface area contributed by atoms with Gasteiger partial charge in [-0.2, -0.15) is 0 Å². The van der Waals surface area contributed by atoms with E-state index < -0.39 is 0 Å². The average Bonchev–Trinajstić information content (AvgIpc) is 3.03. The van der Waals surface area contributed by atoms with Gasteiger partial charge in [-0.05, 0) is 35.7 Å². The van der Waals surface area contributed by atoms with Crippen LogP contribution in [-0.2, 0) is 19.6 Å². The number of hydrogen-bond acceptors (Lipinski definition) is 5. The second-order valence-corrected chi connectivity index (χ2v) is 5.40. The SMILES string of the molecule is Cc1ccccc1Cc1nnc(CNc2cccc(CO)c2)o1. The van der Waals surface area contributed by atoms with Crippen LogP contribution in [-0.4, -0.2) is 15.3 Å². The van der Waals surface area contributed by atoms with Gasteiger partial charge < -0.3 is 14.8 Å². The van der Waals surface area contributed by atoms with Crippen molar-refractivity contribution in [3.8, 4) is 0 Å². The zero-order valence-electron chi connectivity index (χ0n) is 13.0. The van der Waals surface area contributed by atoms with Crippen molar-refractivity contribution in [2.75, 3.05) is 5.32 Å². The third kappa shape index (κ3) is 3.96. The molecule has 3 aromatic rings. The number of aromatic nitrogens is 2. The predicted octanol–water partition coefficient (Wildman–Crippen LogP) is 3.07. The number of aryl methyl sites for hydroxylation is 1. The molecule has 0 fully saturated rings. The lowest BCUT2D eigenvalue weighted by atomic mass is 10.1. The van der Waals surface area contributed by atoms with Crippen molar-refractivity contribution < 1.29 is 9.52 Å². The molecule has 0 atom stereocenters. The molecule has 0 amide bonds. The first-order valence-corrected chi connectivity index (χ1v) is 7.54. The molecular weight excluding hydrogens is 290 g/mol. The predicted molar refractivity (Wildman–Crippen MR) is 88.0 cm³/mol. The first kappa shape index (κ1) is 15.2. The summed E-state index contributed by atoms with van der Waals surface area (Å²) in [6.07, 6.45) is 0.639. The van der Waals surface area contributed by atoms with Gasteiger partial charge >= 0.3 is 0 Å². The van der Waals surface area contributed by atoms with Gasteiger partial charge in [-0.25, -0.2) is 0 Å². The number of aliphatic hydroxyl groups is 1. The molecule has 23 heavy (non-hydrogen) atoms. The first-order chi connectivity index (χ1) is 11.2. The summed E-state index contributed by atoms with van der Waals surface area (Å²) in [5.74, 6) is 1.16. The third-order valence-electron chi connectivity index (χ3n) is 3.66. The fourth-order valence-corrected chi connectivity index (χ4v) is 2.36. The summed E-state index contributed by atoms with van der Waals surface area (Å²) in [5, 5.41) is 20.5. The molecule has 0 unspecified atom stereocenters. The lowest BCUT2D eigenvalue weighted by Gasteiger charge is -2.05. The molecule has 0 aliphatic rings. The van der Waals surface area contributed by atoms with Crippen molar-refractivity contribution in [1.29, 1.82) is 0 Å². The Morgan fingerprint density at radius 2 is 1.87 bits per heavy atom. The maximum atomic E-state index is 9.14. The van der Waals surface area contributed by atoms with E-state index in [2.05, 4.69) is 34.6 Å². The van der Waals surface area contributed by atoms with E-state index in [9.17, 15) is 0 Å². The van der Waals surface area contributed by atoms with Crippen LogP contribution in [0.15, 0.2) is 52.9 Å². The van der Waals surface area contributed by atoms with Crippen LogP contribution in [0.5, 0.6) is 0 Å². The molecular formula is C18H19N3O2. The van der Waals surface area contributed by atoms with Crippen LogP contribution < -0.4 is 5.32 Å². The minimum absolute atomic E-state index is 0.0245. The second-order valence-electron chi connectivity index (χ2n) is 5.40. The molecule has 1 aromatic heterocycles. The zero-order chi connectivity index (χ0) is 16.1. The quantitative estimate of drug-likeness (QED) is 0.732. The smallest absolute Gasteiger partial charge is 0.235 e. The molecule has 0 spiro atoms. The summed E-state index contributed by atoms with van der Waals surface area (Å²) < 4.78 is 5.69. The highest BCUT2D eigenvalue weighted by Gasteiger charge is 2.08. The lowest BCUT2D eigenvalue weighted by Crippen LogP contribution is -2.00. The standard InChI is InChI=1S/C18H19N3O2/c1-13-5-2-3-7-15(13)10-17-20-21-18(23-17)11-19-16-8-4-6-14(9-16)12-22/h2-9,19,22H,10-12H2,1H3. The molecule has 0 saturated carbocycles. The second kappa shape index (κ2) is 7.07. The van der Waals surface area contributed by atoms with E-state index in [1.54, 1.807) is 0 Å². The molecule has 5 nitrogen and oxygen atoms in total. The lowest BCUT2D eigenvalue weighted by molar-refractivity contribution is 0.282. The molecule has 0 aliphatic carbocycles. The minimum atomic E-state index is 0.0245. The van der Waals surface area contributed by atoms with E-state index in [0.29, 0.717) is 24.7 Å². The Hall–Kier alpha value is -2.66. The summed E-state index contributed by atoms with van der Waals surface area (Å²) in [6, 6.07) is 15.8. The maximum absolute atomic E-state index is 9.14. The van der Waals surface area contributed by atoms with Crippen molar-refractivity contribution in [3.05, 3.63) is 77.0 Å². The minimum Gasteiger partial charge on any atom is -0.423 e. The van der Waals surface area contributed by atoms with E-state index in [1.807, 2.05) is 36.4 Å². The summed E-state index contributed by atoms with van der Waals surface area (Å²) >= 11 is 0. The van der Waals surface area contributed by atoms with Crippen LogP contribution >= 0.6 is 0 Å². The number of benzene rings is 2. The zero-order valence-corrected chi connectivity index (χ0v) is 13.0. The molecule has 3 rings (SSSR count). The van der Waals surface area contributed by atoms with Gasteiger partial charge in [0.1, 0.15) is 0 Å². The van der Waals surface area contributed by atoms with Crippen LogP contribution in [0.2, 0.25) is 0 Å². The monoisotopic (exact) mass is 309 g/mol. The summed E-state index contributed by atoms with van der Waals surface area (Å²) in [6.45, 7) is 2.55. The third-order valence-corrected chi connectivity index (χ3v) is 3.66.